The van der Waals surface area contributed by atoms with E-state index in [4.69, 9.17) is 9.56 Å². The fourth-order valence-electron chi connectivity index (χ4n) is 2.52. The van der Waals surface area contributed by atoms with Crippen LogP contribution in [0.3, 0.4) is 0 Å². The topological polar surface area (TPSA) is 102 Å². The minimum Gasteiger partial charge on any atom is -0.461 e. The molecule has 0 bridgehead atoms. The van der Waals surface area contributed by atoms with E-state index in [0.717, 1.165) is 36.0 Å². The SMILES string of the molecule is NS(=O)(=O)CCCCCCC(=O)NCCc1cc2ccccc2o1. The van der Waals surface area contributed by atoms with Gasteiger partial charge in [-0.2, -0.15) is 0 Å². The number of furan rings is 1. The molecule has 1 amide bonds. The van der Waals surface area contributed by atoms with Gasteiger partial charge in [-0.05, 0) is 25.0 Å². The zero-order chi connectivity index (χ0) is 17.4. The number of unbranched alkanes of at least 4 members (excludes halogenated alkanes) is 3. The summed E-state index contributed by atoms with van der Waals surface area (Å²) in [6.45, 7) is 0.546. The van der Waals surface area contributed by atoms with E-state index in [2.05, 4.69) is 5.32 Å². The first kappa shape index (κ1) is 18.5. The number of primary sulfonamides is 1. The molecule has 1 aromatic carbocycles. The van der Waals surface area contributed by atoms with E-state index in [0.29, 0.717) is 25.8 Å². The van der Waals surface area contributed by atoms with Gasteiger partial charge in [-0.25, -0.2) is 13.6 Å². The van der Waals surface area contributed by atoms with Gasteiger partial charge in [0, 0.05) is 24.8 Å². The summed E-state index contributed by atoms with van der Waals surface area (Å²) < 4.78 is 27.2. The first-order valence-corrected chi connectivity index (χ1v) is 9.90. The lowest BCUT2D eigenvalue weighted by atomic mass is 10.1. The number of rotatable bonds is 10. The van der Waals surface area contributed by atoms with Crippen LogP contribution < -0.4 is 10.5 Å². The van der Waals surface area contributed by atoms with E-state index >= 15 is 0 Å². The summed E-state index contributed by atoms with van der Waals surface area (Å²) >= 11 is 0. The number of nitrogens with one attached hydrogen (secondary N) is 1. The van der Waals surface area contributed by atoms with Crippen molar-refractivity contribution in [1.82, 2.24) is 5.32 Å². The highest BCUT2D eigenvalue weighted by molar-refractivity contribution is 7.89. The lowest BCUT2D eigenvalue weighted by Gasteiger charge is -2.04. The molecule has 24 heavy (non-hydrogen) atoms. The summed E-state index contributed by atoms with van der Waals surface area (Å²) in [6, 6.07) is 9.81. The number of para-hydroxylation sites is 1. The molecule has 0 aliphatic carbocycles. The normalized spacial score (nSPS) is 11.7. The Kier molecular flexibility index (Phi) is 6.81. The quantitative estimate of drug-likeness (QED) is 0.641. The lowest BCUT2D eigenvalue weighted by Crippen LogP contribution is -2.25. The number of carbonyl (C=O) groups is 1. The molecule has 0 radical (unpaired) electrons. The van der Waals surface area contributed by atoms with Crippen LogP contribution in [-0.4, -0.2) is 26.6 Å². The molecule has 7 heteroatoms. The van der Waals surface area contributed by atoms with E-state index in [1.807, 2.05) is 30.3 Å². The van der Waals surface area contributed by atoms with Gasteiger partial charge in [0.2, 0.25) is 15.9 Å². The minimum atomic E-state index is -3.36. The van der Waals surface area contributed by atoms with Gasteiger partial charge in [-0.1, -0.05) is 31.0 Å². The van der Waals surface area contributed by atoms with Crippen molar-refractivity contribution in [3.63, 3.8) is 0 Å². The largest absolute Gasteiger partial charge is 0.461 e. The van der Waals surface area contributed by atoms with Crippen molar-refractivity contribution in [2.24, 2.45) is 5.14 Å². The Hall–Kier alpha value is -1.86. The second-order valence-corrected chi connectivity index (χ2v) is 7.62. The number of benzene rings is 1. The van der Waals surface area contributed by atoms with Crippen molar-refractivity contribution < 1.29 is 17.6 Å². The monoisotopic (exact) mass is 352 g/mol. The average Bonchev–Trinajstić information content (AvgIpc) is 2.92. The molecule has 6 nitrogen and oxygen atoms in total. The Morgan fingerprint density at radius 3 is 2.62 bits per heavy atom. The Bertz CT molecular complexity index is 735. The van der Waals surface area contributed by atoms with Crippen LogP contribution >= 0.6 is 0 Å². The van der Waals surface area contributed by atoms with Crippen LogP contribution in [0.25, 0.3) is 11.0 Å². The molecule has 2 rings (SSSR count). The van der Waals surface area contributed by atoms with Gasteiger partial charge in [0.15, 0.2) is 0 Å². The predicted molar refractivity (Wildman–Crippen MR) is 94.0 cm³/mol. The number of fused-ring (bicyclic) bond motifs is 1. The van der Waals surface area contributed by atoms with Gasteiger partial charge in [0.25, 0.3) is 0 Å². The molecule has 0 atom stereocenters. The van der Waals surface area contributed by atoms with Crippen molar-refractivity contribution in [3.8, 4) is 0 Å². The van der Waals surface area contributed by atoms with Crippen molar-refractivity contribution >= 4 is 26.9 Å². The van der Waals surface area contributed by atoms with Gasteiger partial charge in [-0.3, -0.25) is 4.79 Å². The molecule has 0 unspecified atom stereocenters. The van der Waals surface area contributed by atoms with E-state index < -0.39 is 10.0 Å². The minimum absolute atomic E-state index is 0.0106. The standard InChI is InChI=1S/C17H24N2O4S/c18-24(21,22)12-6-2-1-3-9-17(20)19-11-10-15-13-14-7-4-5-8-16(14)23-15/h4-5,7-8,13H,1-3,6,9-12H2,(H,19,20)(H2,18,21,22). The summed E-state index contributed by atoms with van der Waals surface area (Å²) in [5.41, 5.74) is 0.860. The highest BCUT2D eigenvalue weighted by atomic mass is 32.2. The van der Waals surface area contributed by atoms with E-state index in [9.17, 15) is 13.2 Å². The fraction of sp³-hybridized carbons (Fsp3) is 0.471. The smallest absolute Gasteiger partial charge is 0.220 e. The average molecular weight is 352 g/mol. The van der Waals surface area contributed by atoms with Gasteiger partial charge >= 0.3 is 0 Å². The van der Waals surface area contributed by atoms with Crippen LogP contribution in [0.1, 0.15) is 37.9 Å². The Balaban J connectivity index is 1.56. The van der Waals surface area contributed by atoms with E-state index in [1.54, 1.807) is 0 Å². The lowest BCUT2D eigenvalue weighted by molar-refractivity contribution is -0.121. The summed E-state index contributed by atoms with van der Waals surface area (Å²) in [7, 11) is -3.36. The maximum Gasteiger partial charge on any atom is 0.220 e. The Morgan fingerprint density at radius 2 is 1.88 bits per heavy atom. The van der Waals surface area contributed by atoms with E-state index in [-0.39, 0.29) is 11.7 Å². The summed E-state index contributed by atoms with van der Waals surface area (Å²) in [5, 5.41) is 8.87. The molecule has 132 valence electrons. The Morgan fingerprint density at radius 1 is 1.12 bits per heavy atom. The Labute approximate surface area is 142 Å². The van der Waals surface area contributed by atoms with Crippen molar-refractivity contribution in [3.05, 3.63) is 36.1 Å². The van der Waals surface area contributed by atoms with E-state index in [1.165, 1.54) is 0 Å². The van der Waals surface area contributed by atoms with Crippen LogP contribution in [0, 0.1) is 0 Å². The maximum atomic E-state index is 11.7. The third-order valence-corrected chi connectivity index (χ3v) is 4.61. The van der Waals surface area contributed by atoms with Crippen molar-refractivity contribution in [2.75, 3.05) is 12.3 Å². The molecule has 2 aromatic rings. The molecular weight excluding hydrogens is 328 g/mol. The van der Waals surface area contributed by atoms with Gasteiger partial charge in [-0.15, -0.1) is 0 Å². The van der Waals surface area contributed by atoms with Gasteiger partial charge in [0.05, 0.1) is 5.75 Å². The third-order valence-electron chi connectivity index (χ3n) is 3.75. The summed E-state index contributed by atoms with van der Waals surface area (Å²) in [6.07, 6.45) is 4.01. The number of carbonyl (C=O) groups excluding carboxylic acids is 1. The fourth-order valence-corrected chi connectivity index (χ4v) is 3.12. The predicted octanol–water partition coefficient (Wildman–Crippen LogP) is 2.33. The number of sulfonamides is 1. The number of nitrogens with two attached hydrogens (primary N) is 1. The molecule has 0 saturated heterocycles. The van der Waals surface area contributed by atoms with Crippen LogP contribution in [0.15, 0.2) is 34.7 Å². The molecule has 0 aliphatic rings. The third kappa shape index (κ3) is 6.72. The molecule has 3 N–H and O–H groups in total. The van der Waals surface area contributed by atoms with Crippen LogP contribution in [0.5, 0.6) is 0 Å². The molecule has 0 aliphatic heterocycles. The van der Waals surface area contributed by atoms with Crippen molar-refractivity contribution in [1.29, 1.82) is 0 Å². The highest BCUT2D eigenvalue weighted by Gasteiger charge is 2.05. The second-order valence-electron chi connectivity index (χ2n) is 5.88. The van der Waals surface area contributed by atoms with Crippen LogP contribution in [-0.2, 0) is 21.2 Å². The first-order valence-electron chi connectivity index (χ1n) is 8.19. The molecule has 0 saturated carbocycles. The van der Waals surface area contributed by atoms with Gasteiger partial charge < -0.3 is 9.73 Å². The van der Waals surface area contributed by atoms with Crippen LogP contribution in [0.2, 0.25) is 0 Å². The zero-order valence-corrected chi connectivity index (χ0v) is 14.5. The molecule has 0 spiro atoms. The number of hydrogen-bond donors (Lipinski definition) is 2. The molecule has 1 heterocycles. The molecule has 0 fully saturated rings. The maximum absolute atomic E-state index is 11.7. The van der Waals surface area contributed by atoms with Gasteiger partial charge in [0.1, 0.15) is 11.3 Å². The summed E-state index contributed by atoms with van der Waals surface area (Å²) in [4.78, 5) is 11.7. The number of hydrogen-bond acceptors (Lipinski definition) is 4. The van der Waals surface area contributed by atoms with Crippen LogP contribution in [0.4, 0.5) is 0 Å². The zero-order valence-electron chi connectivity index (χ0n) is 13.7. The van der Waals surface area contributed by atoms with Crippen molar-refractivity contribution in [2.45, 2.75) is 38.5 Å². The number of amides is 1. The molecule has 1 aromatic heterocycles. The second kappa shape index (κ2) is 8.84. The molecular formula is C17H24N2O4S. The summed E-state index contributed by atoms with van der Waals surface area (Å²) in [5.74, 6) is 0.883. The first-order chi connectivity index (χ1) is 11.4. The highest BCUT2D eigenvalue weighted by Crippen LogP contribution is 2.18.